The van der Waals surface area contributed by atoms with Gasteiger partial charge in [0.05, 0.1) is 0 Å². The zero-order valence-corrected chi connectivity index (χ0v) is 12.3. The number of pyridine rings is 1. The molecule has 1 saturated carbocycles. The Bertz CT molecular complexity index is 539. The lowest BCUT2D eigenvalue weighted by molar-refractivity contribution is -0.137. The summed E-state index contributed by atoms with van der Waals surface area (Å²) in [5, 5.41) is 14.2. The maximum absolute atomic E-state index is 12.0. The number of aromatic nitrogens is 1. The summed E-state index contributed by atoms with van der Waals surface area (Å²) in [6.45, 7) is 3.59. The number of carbonyl (C=O) groups is 2. The molecular formula is C15H21N3O3. The van der Waals surface area contributed by atoms with E-state index in [1.54, 1.807) is 19.9 Å². The van der Waals surface area contributed by atoms with E-state index in [1.165, 1.54) is 0 Å². The monoisotopic (exact) mass is 291 g/mol. The minimum absolute atomic E-state index is 0.0166. The zero-order chi connectivity index (χ0) is 15.5. The highest BCUT2D eigenvalue weighted by atomic mass is 16.4. The SMILES string of the molecule is CC(C)(CCC(=O)O)NC(=O)Nc1cccc(C2CC2)n1. The first kappa shape index (κ1) is 15.3. The smallest absolute Gasteiger partial charge is 0.320 e. The van der Waals surface area contributed by atoms with Crippen LogP contribution in [0, 0.1) is 0 Å². The second kappa shape index (κ2) is 6.11. The number of nitrogens with zero attached hydrogens (tertiary/aromatic N) is 1. The average molecular weight is 291 g/mol. The molecule has 0 atom stereocenters. The van der Waals surface area contributed by atoms with Crippen molar-refractivity contribution < 1.29 is 14.7 Å². The van der Waals surface area contributed by atoms with Crippen molar-refractivity contribution >= 4 is 17.8 Å². The van der Waals surface area contributed by atoms with E-state index in [2.05, 4.69) is 15.6 Å². The molecule has 6 heteroatoms. The van der Waals surface area contributed by atoms with Gasteiger partial charge >= 0.3 is 12.0 Å². The number of anilines is 1. The van der Waals surface area contributed by atoms with E-state index >= 15 is 0 Å². The Balaban J connectivity index is 1.88. The van der Waals surface area contributed by atoms with Crippen molar-refractivity contribution in [3.05, 3.63) is 23.9 Å². The highest BCUT2D eigenvalue weighted by Crippen LogP contribution is 2.39. The van der Waals surface area contributed by atoms with E-state index in [4.69, 9.17) is 5.11 Å². The lowest BCUT2D eigenvalue weighted by Gasteiger charge is -2.25. The fourth-order valence-corrected chi connectivity index (χ4v) is 2.06. The normalized spacial score (nSPS) is 14.6. The molecule has 2 amide bonds. The summed E-state index contributed by atoms with van der Waals surface area (Å²) in [5.41, 5.74) is 0.425. The van der Waals surface area contributed by atoms with Gasteiger partial charge in [-0.3, -0.25) is 10.1 Å². The molecule has 1 heterocycles. The first-order chi connectivity index (χ1) is 9.85. The maximum atomic E-state index is 12.0. The minimum Gasteiger partial charge on any atom is -0.481 e. The molecule has 0 spiro atoms. The van der Waals surface area contributed by atoms with Gasteiger partial charge in [-0.2, -0.15) is 0 Å². The number of amides is 2. The molecule has 2 rings (SSSR count). The standard InChI is InChI=1S/C15H21N3O3/c1-15(2,9-8-13(19)20)18-14(21)17-12-5-3-4-11(16-12)10-6-7-10/h3-5,10H,6-9H2,1-2H3,(H,19,20)(H2,16,17,18,21). The van der Waals surface area contributed by atoms with Crippen molar-refractivity contribution in [2.75, 3.05) is 5.32 Å². The number of rotatable bonds is 6. The molecule has 1 aromatic heterocycles. The molecule has 0 aromatic carbocycles. The van der Waals surface area contributed by atoms with Crippen molar-refractivity contribution in [3.63, 3.8) is 0 Å². The third-order valence-electron chi connectivity index (χ3n) is 3.42. The van der Waals surface area contributed by atoms with Crippen molar-refractivity contribution in [3.8, 4) is 0 Å². The Morgan fingerprint density at radius 1 is 1.38 bits per heavy atom. The van der Waals surface area contributed by atoms with Crippen LogP contribution < -0.4 is 10.6 Å². The van der Waals surface area contributed by atoms with E-state index in [1.807, 2.05) is 12.1 Å². The number of carbonyl (C=O) groups excluding carboxylic acids is 1. The summed E-state index contributed by atoms with van der Waals surface area (Å²) in [4.78, 5) is 27.0. The highest BCUT2D eigenvalue weighted by molar-refractivity contribution is 5.88. The fraction of sp³-hybridized carbons (Fsp3) is 0.533. The van der Waals surface area contributed by atoms with Crippen LogP contribution in [0.1, 0.15) is 51.1 Å². The second-order valence-electron chi connectivity index (χ2n) is 6.08. The molecule has 1 aliphatic rings. The van der Waals surface area contributed by atoms with Crippen LogP contribution in [-0.2, 0) is 4.79 Å². The van der Waals surface area contributed by atoms with Crippen LogP contribution in [0.4, 0.5) is 10.6 Å². The Hall–Kier alpha value is -2.11. The Kier molecular flexibility index (Phi) is 4.45. The van der Waals surface area contributed by atoms with Gasteiger partial charge in [0.15, 0.2) is 0 Å². The molecule has 0 aliphatic heterocycles. The number of aliphatic carboxylic acids is 1. The van der Waals surface area contributed by atoms with Crippen LogP contribution in [0.2, 0.25) is 0 Å². The van der Waals surface area contributed by atoms with Crippen molar-refractivity contribution in [2.24, 2.45) is 0 Å². The summed E-state index contributed by atoms with van der Waals surface area (Å²) in [7, 11) is 0. The lowest BCUT2D eigenvalue weighted by atomic mass is 9.99. The van der Waals surface area contributed by atoms with E-state index in [0.29, 0.717) is 18.2 Å². The van der Waals surface area contributed by atoms with E-state index in [0.717, 1.165) is 18.5 Å². The van der Waals surface area contributed by atoms with Gasteiger partial charge in [0.1, 0.15) is 5.82 Å². The summed E-state index contributed by atoms with van der Waals surface area (Å²) in [5.74, 6) is 0.178. The third kappa shape index (κ3) is 5.06. The number of carboxylic acid groups (broad SMARTS) is 1. The van der Waals surface area contributed by atoms with Crippen LogP contribution in [-0.4, -0.2) is 27.6 Å². The van der Waals surface area contributed by atoms with Gasteiger partial charge < -0.3 is 10.4 Å². The summed E-state index contributed by atoms with van der Waals surface area (Å²) >= 11 is 0. The quantitative estimate of drug-likeness (QED) is 0.751. The van der Waals surface area contributed by atoms with Crippen molar-refractivity contribution in [1.82, 2.24) is 10.3 Å². The predicted octanol–water partition coefficient (Wildman–Crippen LogP) is 2.72. The van der Waals surface area contributed by atoms with Gasteiger partial charge in [0.2, 0.25) is 0 Å². The van der Waals surface area contributed by atoms with Crippen LogP contribution in [0.25, 0.3) is 0 Å². The van der Waals surface area contributed by atoms with Crippen LogP contribution in [0.5, 0.6) is 0 Å². The van der Waals surface area contributed by atoms with Gasteiger partial charge in [-0.25, -0.2) is 9.78 Å². The number of carboxylic acids is 1. The first-order valence-corrected chi connectivity index (χ1v) is 7.14. The van der Waals surface area contributed by atoms with Crippen molar-refractivity contribution in [1.29, 1.82) is 0 Å². The largest absolute Gasteiger partial charge is 0.481 e. The fourth-order valence-electron chi connectivity index (χ4n) is 2.06. The van der Waals surface area contributed by atoms with E-state index in [9.17, 15) is 9.59 Å². The molecule has 6 nitrogen and oxygen atoms in total. The molecule has 3 N–H and O–H groups in total. The Morgan fingerprint density at radius 2 is 2.10 bits per heavy atom. The molecule has 21 heavy (non-hydrogen) atoms. The van der Waals surface area contributed by atoms with Gasteiger partial charge in [-0.1, -0.05) is 6.07 Å². The van der Waals surface area contributed by atoms with E-state index < -0.39 is 11.5 Å². The topological polar surface area (TPSA) is 91.3 Å². The van der Waals surface area contributed by atoms with Gasteiger partial charge in [-0.05, 0) is 45.2 Å². The molecule has 0 unspecified atom stereocenters. The van der Waals surface area contributed by atoms with Gasteiger partial charge in [0.25, 0.3) is 0 Å². The Morgan fingerprint density at radius 3 is 2.71 bits per heavy atom. The average Bonchev–Trinajstić information content (AvgIpc) is 3.20. The highest BCUT2D eigenvalue weighted by Gasteiger charge is 2.25. The van der Waals surface area contributed by atoms with Gasteiger partial charge in [0, 0.05) is 23.6 Å². The van der Waals surface area contributed by atoms with Crippen LogP contribution >= 0.6 is 0 Å². The molecule has 0 saturated heterocycles. The van der Waals surface area contributed by atoms with Crippen LogP contribution in [0.15, 0.2) is 18.2 Å². The summed E-state index contributed by atoms with van der Waals surface area (Å²) in [6.07, 6.45) is 2.70. The maximum Gasteiger partial charge on any atom is 0.320 e. The van der Waals surface area contributed by atoms with Gasteiger partial charge in [-0.15, -0.1) is 0 Å². The number of hydrogen-bond donors (Lipinski definition) is 3. The van der Waals surface area contributed by atoms with Crippen molar-refractivity contribution in [2.45, 2.75) is 51.0 Å². The van der Waals surface area contributed by atoms with E-state index in [-0.39, 0.29) is 12.5 Å². The lowest BCUT2D eigenvalue weighted by Crippen LogP contribution is -2.45. The predicted molar refractivity (Wildman–Crippen MR) is 79.3 cm³/mol. The first-order valence-electron chi connectivity index (χ1n) is 7.14. The minimum atomic E-state index is -0.871. The molecule has 1 fully saturated rings. The molecule has 114 valence electrons. The summed E-state index contributed by atoms with van der Waals surface area (Å²) < 4.78 is 0. The Labute approximate surface area is 124 Å². The third-order valence-corrected chi connectivity index (χ3v) is 3.42. The number of hydrogen-bond acceptors (Lipinski definition) is 3. The second-order valence-corrected chi connectivity index (χ2v) is 6.08. The number of nitrogens with one attached hydrogen (secondary N) is 2. The summed E-state index contributed by atoms with van der Waals surface area (Å²) in [6, 6.07) is 5.23. The molecule has 0 bridgehead atoms. The molecule has 0 radical (unpaired) electrons. The molecular weight excluding hydrogens is 270 g/mol. The zero-order valence-electron chi connectivity index (χ0n) is 12.3. The van der Waals surface area contributed by atoms with Crippen LogP contribution in [0.3, 0.4) is 0 Å². The molecule has 1 aromatic rings. The number of urea groups is 1. The molecule has 1 aliphatic carbocycles.